The first-order valence-electron chi connectivity index (χ1n) is 16.4. The zero-order valence-electron chi connectivity index (χ0n) is 28.1. The van der Waals surface area contributed by atoms with E-state index >= 15 is 0 Å². The third kappa shape index (κ3) is 11.6. The molecular formula is C34H48ClN7O4S2. The van der Waals surface area contributed by atoms with Crippen molar-refractivity contribution in [1.82, 2.24) is 30.8 Å². The largest absolute Gasteiger partial charge is 0.351 e. The first-order valence-corrected chi connectivity index (χ1v) is 18.1. The summed E-state index contributed by atoms with van der Waals surface area (Å²) in [6.45, 7) is 9.31. The minimum absolute atomic E-state index is 0. The van der Waals surface area contributed by atoms with Gasteiger partial charge in [-0.05, 0) is 49.5 Å². The molecule has 0 spiro atoms. The Kier molecular flexibility index (Phi) is 15.4. The molecule has 262 valence electrons. The standard InChI is InChI=1S/C34H47N7O4S2.ClH/c1-21(2)16-24(35)34(45)41-14-8-12-29(42)37-25(17-22(3)4)32-40-28(20-47-32)31(44)38-26(18-23-10-6-5-7-11-23)33-39-27(19-46-33)30(43)36-13-9-15-41;/h5-7,10-11,19-22,24-26H,8-9,12-18,35H2,1-4H3,(H,36,43)(H,37,42)(H,38,44);1H/t24-,25?,26-;/m0./s1. The van der Waals surface area contributed by atoms with E-state index in [2.05, 4.69) is 39.8 Å². The Morgan fingerprint density at radius 2 is 1.52 bits per heavy atom. The van der Waals surface area contributed by atoms with Crippen molar-refractivity contribution in [2.75, 3.05) is 19.6 Å². The molecule has 3 aromatic rings. The van der Waals surface area contributed by atoms with Crippen molar-refractivity contribution < 1.29 is 19.2 Å². The highest BCUT2D eigenvalue weighted by molar-refractivity contribution is 7.10. The molecule has 14 heteroatoms. The van der Waals surface area contributed by atoms with E-state index in [9.17, 15) is 19.2 Å². The Morgan fingerprint density at radius 3 is 2.17 bits per heavy atom. The van der Waals surface area contributed by atoms with Crippen molar-refractivity contribution in [2.24, 2.45) is 17.6 Å². The number of nitrogens with two attached hydrogens (primary N) is 1. The number of carbonyl (C=O) groups excluding carboxylic acids is 4. The molecule has 1 unspecified atom stereocenters. The maximum absolute atomic E-state index is 13.5. The van der Waals surface area contributed by atoms with Crippen molar-refractivity contribution in [2.45, 2.75) is 84.3 Å². The number of carbonyl (C=O) groups is 4. The lowest BCUT2D eigenvalue weighted by Crippen LogP contribution is -2.46. The van der Waals surface area contributed by atoms with Gasteiger partial charge in [-0.3, -0.25) is 19.2 Å². The summed E-state index contributed by atoms with van der Waals surface area (Å²) in [5, 5.41) is 13.8. The lowest BCUT2D eigenvalue weighted by atomic mass is 10.0. The smallest absolute Gasteiger partial charge is 0.271 e. The van der Waals surface area contributed by atoms with E-state index in [1.54, 1.807) is 15.7 Å². The normalized spacial score (nSPS) is 19.1. The molecule has 1 aromatic carbocycles. The second-order valence-corrected chi connectivity index (χ2v) is 14.7. The van der Waals surface area contributed by atoms with Gasteiger partial charge < -0.3 is 26.6 Å². The summed E-state index contributed by atoms with van der Waals surface area (Å²) in [5.41, 5.74) is 7.81. The van der Waals surface area contributed by atoms with Crippen LogP contribution in [0.25, 0.3) is 0 Å². The summed E-state index contributed by atoms with van der Waals surface area (Å²) in [6, 6.07) is 8.31. The number of rotatable bonds is 7. The molecule has 0 fully saturated rings. The number of nitrogens with one attached hydrogen (secondary N) is 3. The molecule has 4 bridgehead atoms. The minimum Gasteiger partial charge on any atom is -0.351 e. The highest BCUT2D eigenvalue weighted by Gasteiger charge is 2.26. The monoisotopic (exact) mass is 717 g/mol. The number of hydrogen-bond donors (Lipinski definition) is 4. The van der Waals surface area contributed by atoms with Crippen molar-refractivity contribution in [3.05, 3.63) is 68.1 Å². The number of aromatic nitrogens is 2. The summed E-state index contributed by atoms with van der Waals surface area (Å²) >= 11 is 2.65. The van der Waals surface area contributed by atoms with Crippen LogP contribution in [0, 0.1) is 11.8 Å². The molecule has 3 atom stereocenters. The maximum Gasteiger partial charge on any atom is 0.271 e. The zero-order chi connectivity index (χ0) is 33.9. The Bertz CT molecular complexity index is 1500. The molecule has 0 radical (unpaired) electrons. The van der Waals surface area contributed by atoms with Gasteiger partial charge >= 0.3 is 0 Å². The van der Waals surface area contributed by atoms with Crippen LogP contribution in [0.2, 0.25) is 0 Å². The van der Waals surface area contributed by atoms with E-state index in [0.29, 0.717) is 61.8 Å². The van der Waals surface area contributed by atoms with Gasteiger partial charge in [0.15, 0.2) is 0 Å². The van der Waals surface area contributed by atoms with Gasteiger partial charge in [0.2, 0.25) is 11.8 Å². The Balaban J connectivity index is 0.00000625. The Morgan fingerprint density at radius 1 is 0.896 bits per heavy atom. The summed E-state index contributed by atoms with van der Waals surface area (Å²) in [4.78, 5) is 64.0. The van der Waals surface area contributed by atoms with Crippen LogP contribution in [-0.4, -0.2) is 64.2 Å². The molecule has 11 nitrogen and oxygen atoms in total. The van der Waals surface area contributed by atoms with Crippen LogP contribution in [-0.2, 0) is 16.0 Å². The fraction of sp³-hybridized carbons (Fsp3) is 0.529. The van der Waals surface area contributed by atoms with Crippen LogP contribution < -0.4 is 21.7 Å². The number of benzene rings is 1. The Hall–Kier alpha value is -3.39. The lowest BCUT2D eigenvalue weighted by Gasteiger charge is -2.27. The van der Waals surface area contributed by atoms with Crippen LogP contribution in [0.15, 0.2) is 41.1 Å². The third-order valence-corrected chi connectivity index (χ3v) is 9.73. The van der Waals surface area contributed by atoms with Gasteiger partial charge in [-0.15, -0.1) is 35.1 Å². The fourth-order valence-electron chi connectivity index (χ4n) is 5.51. The highest BCUT2D eigenvalue weighted by Crippen LogP contribution is 2.27. The number of halogens is 1. The van der Waals surface area contributed by atoms with Gasteiger partial charge in [0.1, 0.15) is 21.4 Å². The molecule has 1 aliphatic rings. The van der Waals surface area contributed by atoms with E-state index in [1.807, 2.05) is 44.2 Å². The van der Waals surface area contributed by atoms with Crippen LogP contribution in [0.3, 0.4) is 0 Å². The number of thiazole rings is 2. The van der Waals surface area contributed by atoms with Gasteiger partial charge in [0.05, 0.1) is 18.1 Å². The van der Waals surface area contributed by atoms with Crippen LogP contribution in [0.1, 0.15) is 108 Å². The van der Waals surface area contributed by atoms with E-state index < -0.39 is 12.1 Å². The predicted octanol–water partition coefficient (Wildman–Crippen LogP) is 5.05. The second-order valence-electron chi connectivity index (χ2n) is 12.9. The van der Waals surface area contributed by atoms with Crippen molar-refractivity contribution in [1.29, 1.82) is 0 Å². The molecule has 0 aliphatic carbocycles. The summed E-state index contributed by atoms with van der Waals surface area (Å²) in [5.74, 6) is -0.428. The second kappa shape index (κ2) is 19.0. The summed E-state index contributed by atoms with van der Waals surface area (Å²) < 4.78 is 0. The average molecular weight is 718 g/mol. The van der Waals surface area contributed by atoms with Gasteiger partial charge in [0, 0.05) is 36.8 Å². The number of hydrogen-bond acceptors (Lipinski definition) is 9. The van der Waals surface area contributed by atoms with Crippen LogP contribution in [0.4, 0.5) is 0 Å². The van der Waals surface area contributed by atoms with E-state index in [1.165, 1.54) is 22.7 Å². The molecule has 4 amide bonds. The minimum atomic E-state index is -0.629. The predicted molar refractivity (Wildman–Crippen MR) is 192 cm³/mol. The van der Waals surface area contributed by atoms with Gasteiger partial charge in [-0.1, -0.05) is 58.0 Å². The first kappa shape index (κ1) is 39.1. The molecular weight excluding hydrogens is 670 g/mol. The fourth-order valence-corrected chi connectivity index (χ4v) is 7.23. The maximum atomic E-state index is 13.5. The molecule has 4 rings (SSSR count). The number of fused-ring (bicyclic) bond motifs is 4. The first-order chi connectivity index (χ1) is 22.5. The van der Waals surface area contributed by atoms with Crippen molar-refractivity contribution >= 4 is 58.7 Å². The molecule has 2 aromatic heterocycles. The number of nitrogens with zero attached hydrogens (tertiary/aromatic N) is 3. The van der Waals surface area contributed by atoms with E-state index in [4.69, 9.17) is 5.73 Å². The Labute approximate surface area is 297 Å². The lowest BCUT2D eigenvalue weighted by molar-refractivity contribution is -0.133. The van der Waals surface area contributed by atoms with Crippen LogP contribution >= 0.6 is 35.1 Å². The van der Waals surface area contributed by atoms with Gasteiger partial charge in [-0.25, -0.2) is 9.97 Å². The molecule has 1 aliphatic heterocycles. The van der Waals surface area contributed by atoms with Crippen LogP contribution in [0.5, 0.6) is 0 Å². The molecule has 48 heavy (non-hydrogen) atoms. The van der Waals surface area contributed by atoms with E-state index in [-0.39, 0.29) is 71.7 Å². The average Bonchev–Trinajstić information content (AvgIpc) is 3.72. The number of amides is 4. The third-order valence-electron chi connectivity index (χ3n) is 7.81. The molecule has 5 N–H and O–H groups in total. The van der Waals surface area contributed by atoms with Crippen molar-refractivity contribution in [3.63, 3.8) is 0 Å². The van der Waals surface area contributed by atoms with Crippen molar-refractivity contribution in [3.8, 4) is 0 Å². The quantitative estimate of drug-likeness (QED) is 0.266. The van der Waals surface area contributed by atoms with Gasteiger partial charge in [-0.2, -0.15) is 0 Å². The van der Waals surface area contributed by atoms with Gasteiger partial charge in [0.25, 0.3) is 11.8 Å². The molecule has 0 saturated heterocycles. The molecule has 0 saturated carbocycles. The highest BCUT2D eigenvalue weighted by atomic mass is 35.5. The zero-order valence-corrected chi connectivity index (χ0v) is 30.5. The van der Waals surface area contributed by atoms with E-state index in [0.717, 1.165) is 5.56 Å². The SMILES string of the molecule is CC(C)CC1NC(=O)CCCN(C(=O)[C@@H](N)CC(C)C)CCCNC(=O)c2csc(n2)[C@H](Cc2ccccc2)NC(=O)c2csc1n2.Cl. The molecule has 3 heterocycles. The topological polar surface area (TPSA) is 159 Å². The summed E-state index contributed by atoms with van der Waals surface area (Å²) in [6.07, 6.45) is 2.91. The summed E-state index contributed by atoms with van der Waals surface area (Å²) in [7, 11) is 0.